The van der Waals surface area contributed by atoms with E-state index in [1.54, 1.807) is 24.4 Å². The maximum atomic E-state index is 11.9. The molecule has 0 spiro atoms. The van der Waals surface area contributed by atoms with Crippen molar-refractivity contribution in [3.8, 4) is 0 Å². The van der Waals surface area contributed by atoms with E-state index in [1.165, 1.54) is 0 Å². The van der Waals surface area contributed by atoms with Gasteiger partial charge in [-0.3, -0.25) is 9.55 Å². The molecule has 0 amide bonds. The highest BCUT2D eigenvalue weighted by atomic mass is 31.2. The van der Waals surface area contributed by atoms with Gasteiger partial charge in [0.25, 0.3) is 0 Å². The van der Waals surface area contributed by atoms with Crippen molar-refractivity contribution in [3.63, 3.8) is 0 Å². The van der Waals surface area contributed by atoms with E-state index in [4.69, 9.17) is 9.26 Å². The van der Waals surface area contributed by atoms with Crippen molar-refractivity contribution in [3.05, 3.63) is 30.1 Å². The zero-order valence-electron chi connectivity index (χ0n) is 10.4. The van der Waals surface area contributed by atoms with E-state index in [1.807, 2.05) is 6.92 Å². The van der Waals surface area contributed by atoms with E-state index in [2.05, 4.69) is 4.98 Å². The van der Waals surface area contributed by atoms with Gasteiger partial charge in [0, 0.05) is 6.20 Å². The SMILES string of the molecule is C[C@H]1CC[C@@H](COP(=O)(O)Cc2ccccn2)O1. The molecule has 1 fully saturated rings. The Morgan fingerprint density at radius 2 is 2.39 bits per heavy atom. The zero-order valence-corrected chi connectivity index (χ0v) is 11.3. The van der Waals surface area contributed by atoms with Gasteiger partial charge in [0.15, 0.2) is 0 Å². The molecule has 0 saturated carbocycles. The number of rotatable bonds is 5. The standard InChI is InChI=1S/C12H18NO4P/c1-10-5-6-12(17-10)8-16-18(14,15)9-11-4-2-3-7-13-11/h2-4,7,10,12H,5-6,8-9H2,1H3,(H,14,15)/t10-,12-/m0/s1. The zero-order chi connectivity index (χ0) is 13.0. The van der Waals surface area contributed by atoms with Gasteiger partial charge in [-0.2, -0.15) is 0 Å². The van der Waals surface area contributed by atoms with Crippen molar-refractivity contribution in [2.75, 3.05) is 6.61 Å². The molecule has 1 N–H and O–H groups in total. The first-order valence-corrected chi connectivity index (χ1v) is 7.83. The fraction of sp³-hybridized carbons (Fsp3) is 0.583. The van der Waals surface area contributed by atoms with Gasteiger partial charge < -0.3 is 14.2 Å². The first-order valence-electron chi connectivity index (χ1n) is 6.07. The summed E-state index contributed by atoms with van der Waals surface area (Å²) in [6.07, 6.45) is 3.54. The fourth-order valence-electron chi connectivity index (χ4n) is 1.95. The van der Waals surface area contributed by atoms with Crippen LogP contribution in [0.2, 0.25) is 0 Å². The average molecular weight is 271 g/mol. The van der Waals surface area contributed by atoms with Crippen molar-refractivity contribution < 1.29 is 18.7 Å². The minimum Gasteiger partial charge on any atom is -0.373 e. The first kappa shape index (κ1) is 13.7. The molecule has 2 rings (SSSR count). The Kier molecular flexibility index (Phi) is 4.51. The monoisotopic (exact) mass is 271 g/mol. The second-order valence-electron chi connectivity index (χ2n) is 4.56. The Bertz CT molecular complexity index is 425. The normalized spacial score (nSPS) is 27.0. The van der Waals surface area contributed by atoms with Crippen LogP contribution in [-0.4, -0.2) is 28.7 Å². The molecule has 1 aromatic rings. The smallest absolute Gasteiger partial charge is 0.334 e. The van der Waals surface area contributed by atoms with Gasteiger partial charge in [0.2, 0.25) is 0 Å². The van der Waals surface area contributed by atoms with Gasteiger partial charge in [-0.15, -0.1) is 0 Å². The van der Waals surface area contributed by atoms with Crippen LogP contribution >= 0.6 is 7.60 Å². The molecular formula is C12H18NO4P. The van der Waals surface area contributed by atoms with Crippen LogP contribution in [0.15, 0.2) is 24.4 Å². The Hall–Kier alpha value is -0.740. The lowest BCUT2D eigenvalue weighted by atomic mass is 10.2. The molecule has 3 atom stereocenters. The van der Waals surface area contributed by atoms with E-state index in [9.17, 15) is 9.46 Å². The van der Waals surface area contributed by atoms with E-state index in [-0.39, 0.29) is 25.0 Å². The van der Waals surface area contributed by atoms with Gasteiger partial charge in [-0.1, -0.05) is 6.07 Å². The topological polar surface area (TPSA) is 68.7 Å². The average Bonchev–Trinajstić information content (AvgIpc) is 2.74. The summed E-state index contributed by atoms with van der Waals surface area (Å²) >= 11 is 0. The van der Waals surface area contributed by atoms with Gasteiger partial charge in [-0.25, -0.2) is 0 Å². The third kappa shape index (κ3) is 4.18. The second-order valence-corrected chi connectivity index (χ2v) is 6.41. The fourth-order valence-corrected chi connectivity index (χ4v) is 3.04. The Morgan fingerprint density at radius 3 is 3.00 bits per heavy atom. The van der Waals surface area contributed by atoms with Crippen molar-refractivity contribution in [1.82, 2.24) is 4.98 Å². The highest BCUT2D eigenvalue weighted by Gasteiger charge is 2.27. The molecule has 0 aliphatic carbocycles. The molecule has 1 saturated heterocycles. The number of pyridine rings is 1. The minimum atomic E-state index is -3.63. The Balaban J connectivity index is 1.82. The molecule has 18 heavy (non-hydrogen) atoms. The van der Waals surface area contributed by atoms with Crippen molar-refractivity contribution in [2.24, 2.45) is 0 Å². The summed E-state index contributed by atoms with van der Waals surface area (Å²) in [5, 5.41) is 0. The van der Waals surface area contributed by atoms with Crippen LogP contribution in [0, 0.1) is 0 Å². The van der Waals surface area contributed by atoms with Crippen molar-refractivity contribution in [1.29, 1.82) is 0 Å². The molecular weight excluding hydrogens is 253 g/mol. The van der Waals surface area contributed by atoms with Crippen LogP contribution in [0.3, 0.4) is 0 Å². The molecule has 2 heterocycles. The molecule has 1 aromatic heterocycles. The molecule has 5 nitrogen and oxygen atoms in total. The van der Waals surface area contributed by atoms with Crippen molar-refractivity contribution >= 4 is 7.60 Å². The van der Waals surface area contributed by atoms with Gasteiger partial charge in [0.05, 0.1) is 30.7 Å². The number of ether oxygens (including phenoxy) is 1. The van der Waals surface area contributed by atoms with Crippen LogP contribution < -0.4 is 0 Å². The Morgan fingerprint density at radius 1 is 1.56 bits per heavy atom. The van der Waals surface area contributed by atoms with Crippen LogP contribution in [0.25, 0.3) is 0 Å². The molecule has 0 bridgehead atoms. The molecule has 1 unspecified atom stereocenters. The van der Waals surface area contributed by atoms with Gasteiger partial charge in [0.1, 0.15) is 0 Å². The quantitative estimate of drug-likeness (QED) is 0.832. The highest BCUT2D eigenvalue weighted by molar-refractivity contribution is 7.51. The van der Waals surface area contributed by atoms with Crippen LogP contribution in [-0.2, 0) is 20.0 Å². The molecule has 100 valence electrons. The van der Waals surface area contributed by atoms with Crippen LogP contribution in [0.5, 0.6) is 0 Å². The third-order valence-electron chi connectivity index (χ3n) is 2.87. The maximum absolute atomic E-state index is 11.9. The summed E-state index contributed by atoms with van der Waals surface area (Å²) in [5.41, 5.74) is 0.559. The van der Waals surface area contributed by atoms with Crippen LogP contribution in [0.4, 0.5) is 0 Å². The third-order valence-corrected chi connectivity index (χ3v) is 4.15. The molecule has 1 aliphatic heterocycles. The summed E-state index contributed by atoms with van der Waals surface area (Å²) in [6.45, 7) is 2.16. The van der Waals surface area contributed by atoms with Gasteiger partial charge in [-0.05, 0) is 31.9 Å². The predicted molar refractivity (Wildman–Crippen MR) is 67.3 cm³/mol. The van der Waals surface area contributed by atoms with E-state index < -0.39 is 7.60 Å². The lowest BCUT2D eigenvalue weighted by Gasteiger charge is -2.15. The van der Waals surface area contributed by atoms with E-state index in [0.717, 1.165) is 12.8 Å². The summed E-state index contributed by atoms with van der Waals surface area (Å²) in [6, 6.07) is 5.25. The molecule has 6 heteroatoms. The Labute approximate surface area is 107 Å². The second kappa shape index (κ2) is 5.93. The number of hydrogen-bond donors (Lipinski definition) is 1. The van der Waals surface area contributed by atoms with Gasteiger partial charge >= 0.3 is 7.60 Å². The summed E-state index contributed by atoms with van der Waals surface area (Å²) in [4.78, 5) is 13.7. The first-order chi connectivity index (χ1) is 8.55. The van der Waals surface area contributed by atoms with Crippen LogP contribution in [0.1, 0.15) is 25.5 Å². The minimum absolute atomic E-state index is 0.0594. The molecule has 1 aliphatic rings. The van der Waals surface area contributed by atoms with E-state index >= 15 is 0 Å². The lowest BCUT2D eigenvalue weighted by Crippen LogP contribution is -2.15. The number of hydrogen-bond acceptors (Lipinski definition) is 4. The largest absolute Gasteiger partial charge is 0.373 e. The predicted octanol–water partition coefficient (Wildman–Crippen LogP) is 2.35. The highest BCUT2D eigenvalue weighted by Crippen LogP contribution is 2.45. The number of aromatic nitrogens is 1. The summed E-state index contributed by atoms with van der Waals surface area (Å²) < 4.78 is 22.5. The number of nitrogens with zero attached hydrogens (tertiary/aromatic N) is 1. The molecule has 0 aromatic carbocycles. The molecule has 0 radical (unpaired) electrons. The maximum Gasteiger partial charge on any atom is 0.334 e. The lowest BCUT2D eigenvalue weighted by molar-refractivity contribution is 0.0236. The van der Waals surface area contributed by atoms with E-state index in [0.29, 0.717) is 5.69 Å². The summed E-state index contributed by atoms with van der Waals surface area (Å²) in [7, 11) is -3.63. The van der Waals surface area contributed by atoms with Crippen molar-refractivity contribution in [2.45, 2.75) is 38.1 Å². The summed E-state index contributed by atoms with van der Waals surface area (Å²) in [5.74, 6) is 0.